The molecular weight excluding hydrogens is 168 g/mol. The van der Waals surface area contributed by atoms with Gasteiger partial charge in [-0.05, 0) is 12.8 Å². The number of hydrazone groups is 1. The van der Waals surface area contributed by atoms with Gasteiger partial charge in [0.15, 0.2) is 5.79 Å². The Morgan fingerprint density at radius 3 is 2.38 bits per heavy atom. The van der Waals surface area contributed by atoms with Gasteiger partial charge in [0.05, 0.1) is 13.2 Å². The Hall–Kier alpha value is -0.610. The van der Waals surface area contributed by atoms with Crippen LogP contribution in [0.4, 0.5) is 0 Å². The number of hydrogen-bond donors (Lipinski definition) is 1. The minimum atomic E-state index is -0.257. The second kappa shape index (κ2) is 3.64. The minimum absolute atomic E-state index is 0.257. The van der Waals surface area contributed by atoms with Gasteiger partial charge in [-0.15, -0.1) is 0 Å². The molecule has 13 heavy (non-hydrogen) atoms. The van der Waals surface area contributed by atoms with Gasteiger partial charge in [-0.3, -0.25) is 0 Å². The first-order valence-electron chi connectivity index (χ1n) is 4.85. The van der Waals surface area contributed by atoms with E-state index in [1.165, 1.54) is 5.71 Å². The third-order valence-corrected chi connectivity index (χ3v) is 2.67. The van der Waals surface area contributed by atoms with E-state index in [2.05, 4.69) is 10.5 Å². The van der Waals surface area contributed by atoms with Crippen molar-refractivity contribution >= 4 is 5.71 Å². The first kappa shape index (κ1) is 8.97. The van der Waals surface area contributed by atoms with Crippen LogP contribution in [-0.2, 0) is 9.47 Å². The number of rotatable bonds is 1. The highest BCUT2D eigenvalue weighted by molar-refractivity contribution is 5.85. The van der Waals surface area contributed by atoms with E-state index in [1.807, 2.05) is 7.05 Å². The van der Waals surface area contributed by atoms with Crippen LogP contribution in [0, 0.1) is 0 Å². The van der Waals surface area contributed by atoms with Crippen LogP contribution in [0.1, 0.15) is 25.7 Å². The Bertz CT molecular complexity index is 198. The molecule has 2 rings (SSSR count). The average Bonchev–Trinajstić information content (AvgIpc) is 2.59. The van der Waals surface area contributed by atoms with Gasteiger partial charge in [0, 0.05) is 25.6 Å². The van der Waals surface area contributed by atoms with Crippen molar-refractivity contribution in [2.45, 2.75) is 31.5 Å². The summed E-state index contributed by atoms with van der Waals surface area (Å²) in [5.74, 6) is -0.257. The summed E-state index contributed by atoms with van der Waals surface area (Å²) in [6.45, 7) is 1.50. The lowest BCUT2D eigenvalue weighted by atomic mass is 9.92. The second-order valence-corrected chi connectivity index (χ2v) is 3.51. The summed E-state index contributed by atoms with van der Waals surface area (Å²) < 4.78 is 11.2. The maximum Gasteiger partial charge on any atom is 0.169 e. The summed E-state index contributed by atoms with van der Waals surface area (Å²) in [4.78, 5) is 0. The van der Waals surface area contributed by atoms with Crippen molar-refractivity contribution in [1.82, 2.24) is 5.43 Å². The van der Waals surface area contributed by atoms with E-state index < -0.39 is 0 Å². The van der Waals surface area contributed by atoms with Crippen molar-refractivity contribution in [3.63, 3.8) is 0 Å². The van der Waals surface area contributed by atoms with Crippen molar-refractivity contribution in [1.29, 1.82) is 0 Å². The molecule has 1 N–H and O–H groups in total. The van der Waals surface area contributed by atoms with Crippen LogP contribution in [0.3, 0.4) is 0 Å². The second-order valence-electron chi connectivity index (χ2n) is 3.51. The number of nitrogens with one attached hydrogen (secondary N) is 1. The van der Waals surface area contributed by atoms with E-state index in [0.717, 1.165) is 38.9 Å². The fourth-order valence-electron chi connectivity index (χ4n) is 1.98. The molecule has 2 fully saturated rings. The van der Waals surface area contributed by atoms with E-state index in [0.29, 0.717) is 0 Å². The molecule has 2 aliphatic rings. The smallest absolute Gasteiger partial charge is 0.169 e. The molecule has 1 aliphatic carbocycles. The van der Waals surface area contributed by atoms with Crippen LogP contribution >= 0.6 is 0 Å². The summed E-state index contributed by atoms with van der Waals surface area (Å²) in [6.07, 6.45) is 3.88. The molecule has 0 amide bonds. The molecule has 0 unspecified atom stereocenters. The molecule has 4 heteroatoms. The molecule has 1 saturated heterocycles. The van der Waals surface area contributed by atoms with Crippen molar-refractivity contribution in [2.24, 2.45) is 5.10 Å². The largest absolute Gasteiger partial charge is 0.348 e. The van der Waals surface area contributed by atoms with Gasteiger partial charge in [0.25, 0.3) is 0 Å². The predicted molar refractivity (Wildman–Crippen MR) is 49.6 cm³/mol. The number of hydrogen-bond acceptors (Lipinski definition) is 4. The monoisotopic (exact) mass is 184 g/mol. The Balaban J connectivity index is 1.91. The fraction of sp³-hybridized carbons (Fsp3) is 0.889. The van der Waals surface area contributed by atoms with Crippen LogP contribution in [0.2, 0.25) is 0 Å². The SMILES string of the molecule is CNN=C1CCC2(CC1)OCCO2. The van der Waals surface area contributed by atoms with Crippen LogP contribution in [0.25, 0.3) is 0 Å². The molecule has 0 atom stereocenters. The Kier molecular flexibility index (Phi) is 2.51. The maximum absolute atomic E-state index is 5.61. The van der Waals surface area contributed by atoms with Crippen LogP contribution in [0.5, 0.6) is 0 Å². The molecule has 0 bridgehead atoms. The zero-order chi connectivity index (χ0) is 9.15. The van der Waals surface area contributed by atoms with E-state index in [9.17, 15) is 0 Å². The van der Waals surface area contributed by atoms with Crippen LogP contribution in [-0.4, -0.2) is 31.8 Å². The minimum Gasteiger partial charge on any atom is -0.348 e. The van der Waals surface area contributed by atoms with Crippen molar-refractivity contribution in [3.8, 4) is 0 Å². The third kappa shape index (κ3) is 1.84. The molecule has 1 heterocycles. The molecule has 74 valence electrons. The third-order valence-electron chi connectivity index (χ3n) is 2.67. The van der Waals surface area contributed by atoms with Crippen LogP contribution in [0.15, 0.2) is 5.10 Å². The van der Waals surface area contributed by atoms with Gasteiger partial charge in [-0.1, -0.05) is 0 Å². The first-order chi connectivity index (χ1) is 6.35. The highest BCUT2D eigenvalue weighted by Crippen LogP contribution is 2.34. The lowest BCUT2D eigenvalue weighted by Gasteiger charge is -2.31. The summed E-state index contributed by atoms with van der Waals surface area (Å²) >= 11 is 0. The van der Waals surface area contributed by atoms with E-state index in [1.54, 1.807) is 0 Å². The van der Waals surface area contributed by atoms with E-state index in [-0.39, 0.29) is 5.79 Å². The number of nitrogens with zero attached hydrogens (tertiary/aromatic N) is 1. The molecule has 1 spiro atoms. The Labute approximate surface area is 78.3 Å². The normalized spacial score (nSPS) is 26.4. The van der Waals surface area contributed by atoms with Gasteiger partial charge in [0.2, 0.25) is 0 Å². The van der Waals surface area contributed by atoms with Crippen molar-refractivity contribution < 1.29 is 9.47 Å². The zero-order valence-electron chi connectivity index (χ0n) is 8.01. The summed E-state index contributed by atoms with van der Waals surface area (Å²) in [7, 11) is 1.83. The average molecular weight is 184 g/mol. The van der Waals surface area contributed by atoms with Gasteiger partial charge in [-0.2, -0.15) is 5.10 Å². The zero-order valence-corrected chi connectivity index (χ0v) is 8.01. The van der Waals surface area contributed by atoms with Crippen molar-refractivity contribution in [3.05, 3.63) is 0 Å². The van der Waals surface area contributed by atoms with Gasteiger partial charge in [0.1, 0.15) is 0 Å². The predicted octanol–water partition coefficient (Wildman–Crippen LogP) is 0.879. The molecule has 1 aliphatic heterocycles. The maximum atomic E-state index is 5.61. The Morgan fingerprint density at radius 1 is 1.23 bits per heavy atom. The molecule has 4 nitrogen and oxygen atoms in total. The lowest BCUT2D eigenvalue weighted by molar-refractivity contribution is -0.167. The number of ether oxygens (including phenoxy) is 2. The van der Waals surface area contributed by atoms with Gasteiger partial charge in [-0.25, -0.2) is 0 Å². The van der Waals surface area contributed by atoms with Crippen LogP contribution < -0.4 is 5.43 Å². The lowest BCUT2D eigenvalue weighted by Crippen LogP contribution is -2.35. The summed E-state index contributed by atoms with van der Waals surface area (Å²) in [5.41, 5.74) is 4.05. The molecular formula is C9H16N2O2. The highest BCUT2D eigenvalue weighted by atomic mass is 16.7. The molecule has 1 saturated carbocycles. The van der Waals surface area contributed by atoms with Gasteiger partial charge < -0.3 is 14.9 Å². The van der Waals surface area contributed by atoms with E-state index >= 15 is 0 Å². The first-order valence-corrected chi connectivity index (χ1v) is 4.85. The summed E-state index contributed by atoms with van der Waals surface area (Å²) in [5, 5.41) is 4.19. The Morgan fingerprint density at radius 2 is 1.85 bits per heavy atom. The standard InChI is InChI=1S/C9H16N2O2/c1-10-11-8-2-4-9(5-3-8)12-6-7-13-9/h10H,2-7H2,1H3. The van der Waals surface area contributed by atoms with Gasteiger partial charge >= 0.3 is 0 Å². The molecule has 0 radical (unpaired) electrons. The fourth-order valence-corrected chi connectivity index (χ4v) is 1.98. The quantitative estimate of drug-likeness (QED) is 0.615. The highest BCUT2D eigenvalue weighted by Gasteiger charge is 2.39. The topological polar surface area (TPSA) is 42.9 Å². The molecule has 0 aromatic rings. The van der Waals surface area contributed by atoms with E-state index in [4.69, 9.17) is 9.47 Å². The van der Waals surface area contributed by atoms with Crippen molar-refractivity contribution in [2.75, 3.05) is 20.3 Å². The summed E-state index contributed by atoms with van der Waals surface area (Å²) in [6, 6.07) is 0. The molecule has 0 aromatic carbocycles. The molecule has 0 aromatic heterocycles.